The number of nitrogens with zero attached hydrogens (tertiary/aromatic N) is 2. The van der Waals surface area contributed by atoms with E-state index < -0.39 is 4.92 Å². The smallest absolute Gasteiger partial charge is 0.298 e. The van der Waals surface area contributed by atoms with Crippen LogP contribution in [0.5, 0.6) is 0 Å². The molecule has 0 spiro atoms. The van der Waals surface area contributed by atoms with Gasteiger partial charge in [-0.05, 0) is 24.3 Å². The number of benzene rings is 1. The first-order chi connectivity index (χ1) is 10.1. The first-order valence-electron chi connectivity index (χ1n) is 6.93. The van der Waals surface area contributed by atoms with Gasteiger partial charge in [0.15, 0.2) is 11.1 Å². The third-order valence-corrected chi connectivity index (χ3v) is 3.96. The number of aromatic nitrogens is 1. The van der Waals surface area contributed by atoms with E-state index in [9.17, 15) is 10.1 Å². The number of fused-ring (bicyclic) bond motifs is 1. The van der Waals surface area contributed by atoms with Crippen LogP contribution in [0.4, 0.5) is 11.7 Å². The summed E-state index contributed by atoms with van der Waals surface area (Å²) in [6.45, 7) is 4.42. The SMILES string of the molecule is CC1(CNc2nc3c([N+](=O)[O-])cccc3o2)CCOCC1. The van der Waals surface area contributed by atoms with Gasteiger partial charge in [0, 0.05) is 25.8 Å². The average molecular weight is 291 g/mol. The van der Waals surface area contributed by atoms with Crippen LogP contribution in [-0.4, -0.2) is 29.7 Å². The van der Waals surface area contributed by atoms with Crippen molar-refractivity contribution >= 4 is 22.8 Å². The minimum Gasteiger partial charge on any atom is -0.423 e. The fraction of sp³-hybridized carbons (Fsp3) is 0.500. The summed E-state index contributed by atoms with van der Waals surface area (Å²) in [5.41, 5.74) is 0.790. The summed E-state index contributed by atoms with van der Waals surface area (Å²) in [6.07, 6.45) is 1.95. The molecule has 0 unspecified atom stereocenters. The maximum Gasteiger partial charge on any atom is 0.298 e. The minimum absolute atomic E-state index is 0.0402. The number of oxazole rings is 1. The normalized spacial score (nSPS) is 17.8. The van der Waals surface area contributed by atoms with Crippen molar-refractivity contribution in [3.05, 3.63) is 28.3 Å². The number of ether oxygens (including phenoxy) is 1. The van der Waals surface area contributed by atoms with Gasteiger partial charge >= 0.3 is 0 Å². The number of rotatable bonds is 4. The van der Waals surface area contributed by atoms with E-state index in [-0.39, 0.29) is 16.6 Å². The predicted octanol–water partition coefficient (Wildman–Crippen LogP) is 2.96. The molecule has 1 aromatic carbocycles. The number of hydrogen-bond acceptors (Lipinski definition) is 6. The highest BCUT2D eigenvalue weighted by Gasteiger charge is 2.28. The fourth-order valence-electron chi connectivity index (χ4n) is 2.49. The highest BCUT2D eigenvalue weighted by Crippen LogP contribution is 2.31. The zero-order valence-electron chi connectivity index (χ0n) is 11.8. The summed E-state index contributed by atoms with van der Waals surface area (Å²) >= 11 is 0. The molecule has 0 aliphatic carbocycles. The second-order valence-electron chi connectivity index (χ2n) is 5.68. The van der Waals surface area contributed by atoms with Crippen LogP contribution < -0.4 is 5.32 Å². The van der Waals surface area contributed by atoms with E-state index in [1.807, 2.05) is 0 Å². The molecule has 1 N–H and O–H groups in total. The van der Waals surface area contributed by atoms with Gasteiger partial charge in [-0.2, -0.15) is 4.98 Å². The van der Waals surface area contributed by atoms with Crippen molar-refractivity contribution < 1.29 is 14.1 Å². The van der Waals surface area contributed by atoms with Crippen LogP contribution in [0.1, 0.15) is 19.8 Å². The molecule has 7 heteroatoms. The molecule has 0 saturated carbocycles. The van der Waals surface area contributed by atoms with Crippen LogP contribution in [0.2, 0.25) is 0 Å². The molecule has 1 aliphatic rings. The second kappa shape index (κ2) is 5.33. The number of nitro benzene ring substituents is 1. The van der Waals surface area contributed by atoms with E-state index >= 15 is 0 Å². The lowest BCUT2D eigenvalue weighted by Gasteiger charge is -2.33. The van der Waals surface area contributed by atoms with E-state index in [2.05, 4.69) is 17.2 Å². The quantitative estimate of drug-likeness (QED) is 0.688. The molecule has 0 bridgehead atoms. The first kappa shape index (κ1) is 13.8. The number of nitrogens with one attached hydrogen (secondary N) is 1. The van der Waals surface area contributed by atoms with Crippen LogP contribution in [-0.2, 0) is 4.74 Å². The molecule has 0 radical (unpaired) electrons. The van der Waals surface area contributed by atoms with Crippen LogP contribution in [0, 0.1) is 15.5 Å². The Bertz CT molecular complexity index is 661. The first-order valence-corrected chi connectivity index (χ1v) is 6.93. The second-order valence-corrected chi connectivity index (χ2v) is 5.68. The van der Waals surface area contributed by atoms with Gasteiger partial charge in [0.05, 0.1) is 4.92 Å². The molecular formula is C14H17N3O4. The third-order valence-electron chi connectivity index (χ3n) is 3.96. The van der Waals surface area contributed by atoms with Gasteiger partial charge in [-0.3, -0.25) is 10.1 Å². The number of non-ortho nitro benzene ring substituents is 1. The van der Waals surface area contributed by atoms with E-state index in [0.717, 1.165) is 26.1 Å². The molecule has 0 atom stereocenters. The number of para-hydroxylation sites is 1. The van der Waals surface area contributed by atoms with Crippen LogP contribution in [0.25, 0.3) is 11.1 Å². The highest BCUT2D eigenvalue weighted by molar-refractivity contribution is 5.83. The van der Waals surface area contributed by atoms with Crippen molar-refractivity contribution in [3.8, 4) is 0 Å². The number of hydrogen-bond donors (Lipinski definition) is 1. The van der Waals surface area contributed by atoms with E-state index in [1.165, 1.54) is 6.07 Å². The van der Waals surface area contributed by atoms with Gasteiger partial charge in [-0.15, -0.1) is 0 Å². The van der Waals surface area contributed by atoms with Gasteiger partial charge < -0.3 is 14.5 Å². The maximum absolute atomic E-state index is 11.0. The van der Waals surface area contributed by atoms with Crippen molar-refractivity contribution in [3.63, 3.8) is 0 Å². The molecule has 1 aliphatic heterocycles. The molecule has 112 valence electrons. The fourth-order valence-corrected chi connectivity index (χ4v) is 2.49. The van der Waals surface area contributed by atoms with Crippen molar-refractivity contribution in [1.82, 2.24) is 4.98 Å². The van der Waals surface area contributed by atoms with Gasteiger partial charge in [0.25, 0.3) is 11.7 Å². The van der Waals surface area contributed by atoms with Crippen molar-refractivity contribution in [1.29, 1.82) is 0 Å². The van der Waals surface area contributed by atoms with Crippen molar-refractivity contribution in [2.45, 2.75) is 19.8 Å². The summed E-state index contributed by atoms with van der Waals surface area (Å²) in [5, 5.41) is 14.1. The maximum atomic E-state index is 11.0. The zero-order valence-corrected chi connectivity index (χ0v) is 11.8. The summed E-state index contributed by atoms with van der Waals surface area (Å²) in [7, 11) is 0. The third kappa shape index (κ3) is 2.82. The molecule has 21 heavy (non-hydrogen) atoms. The van der Waals surface area contributed by atoms with Crippen molar-refractivity contribution in [2.75, 3.05) is 25.1 Å². The largest absolute Gasteiger partial charge is 0.423 e. The molecular weight excluding hydrogens is 274 g/mol. The van der Waals surface area contributed by atoms with Gasteiger partial charge in [-0.25, -0.2) is 0 Å². The van der Waals surface area contributed by atoms with Gasteiger partial charge in [0.1, 0.15) is 0 Å². The summed E-state index contributed by atoms with van der Waals surface area (Å²) < 4.78 is 10.9. The topological polar surface area (TPSA) is 90.4 Å². The standard InChI is InChI=1S/C14H17N3O4/c1-14(5-7-20-8-6-14)9-15-13-16-12-10(17(18)19)3-2-4-11(12)21-13/h2-4H,5-9H2,1H3,(H,15,16). The van der Waals surface area contributed by atoms with E-state index in [1.54, 1.807) is 12.1 Å². The Morgan fingerprint density at radius 1 is 1.43 bits per heavy atom. The Labute approximate surface area is 121 Å². The van der Waals surface area contributed by atoms with Gasteiger partial charge in [-0.1, -0.05) is 13.0 Å². The van der Waals surface area contributed by atoms with Crippen molar-refractivity contribution in [2.24, 2.45) is 5.41 Å². The monoisotopic (exact) mass is 291 g/mol. The Morgan fingerprint density at radius 2 is 2.19 bits per heavy atom. The van der Waals surface area contributed by atoms with Crippen LogP contribution >= 0.6 is 0 Å². The average Bonchev–Trinajstić information content (AvgIpc) is 2.88. The molecule has 1 saturated heterocycles. The van der Waals surface area contributed by atoms with Crippen LogP contribution in [0.3, 0.4) is 0 Å². The highest BCUT2D eigenvalue weighted by atomic mass is 16.6. The zero-order chi connectivity index (χ0) is 14.9. The molecule has 3 rings (SSSR count). The lowest BCUT2D eigenvalue weighted by Crippen LogP contribution is -2.33. The van der Waals surface area contributed by atoms with E-state index in [4.69, 9.17) is 9.15 Å². The Kier molecular flexibility index (Phi) is 3.50. The Hall–Kier alpha value is -2.15. The molecule has 7 nitrogen and oxygen atoms in total. The van der Waals surface area contributed by atoms with E-state index in [0.29, 0.717) is 18.1 Å². The molecule has 1 aromatic heterocycles. The summed E-state index contributed by atoms with van der Waals surface area (Å²) in [6, 6.07) is 5.02. The minimum atomic E-state index is -0.450. The van der Waals surface area contributed by atoms with Gasteiger partial charge in [0.2, 0.25) is 0 Å². The lowest BCUT2D eigenvalue weighted by atomic mass is 9.82. The molecule has 2 heterocycles. The van der Waals surface area contributed by atoms with Crippen LogP contribution in [0.15, 0.2) is 22.6 Å². The number of nitro groups is 1. The molecule has 1 fully saturated rings. The summed E-state index contributed by atoms with van der Waals surface area (Å²) in [4.78, 5) is 14.7. The molecule has 2 aromatic rings. The Morgan fingerprint density at radius 3 is 2.90 bits per heavy atom. The lowest BCUT2D eigenvalue weighted by molar-refractivity contribution is -0.383. The molecule has 0 amide bonds. The Balaban J connectivity index is 1.78. The predicted molar refractivity (Wildman–Crippen MR) is 77.3 cm³/mol. The summed E-state index contributed by atoms with van der Waals surface area (Å²) in [5.74, 6) is 0. The number of anilines is 1.